The molecule has 1 saturated heterocycles. The number of likely N-dealkylation sites (tertiary alicyclic amines) is 1. The molecule has 16 heavy (non-hydrogen) atoms. The van der Waals surface area contributed by atoms with Gasteiger partial charge in [-0.15, -0.1) is 0 Å². The summed E-state index contributed by atoms with van der Waals surface area (Å²) in [7, 11) is 0. The number of nitrogens with one attached hydrogen (secondary N) is 1. The molecule has 0 spiro atoms. The molecule has 0 radical (unpaired) electrons. The number of hydrogen-bond acceptors (Lipinski definition) is 2. The van der Waals surface area contributed by atoms with E-state index >= 15 is 0 Å². The largest absolute Gasteiger partial charge is 0.352 e. The van der Waals surface area contributed by atoms with Gasteiger partial charge in [-0.05, 0) is 32.1 Å². The van der Waals surface area contributed by atoms with E-state index in [-0.39, 0.29) is 17.9 Å². The Labute approximate surface area is 96.4 Å². The van der Waals surface area contributed by atoms with Crippen LogP contribution in [0.2, 0.25) is 0 Å². The van der Waals surface area contributed by atoms with Gasteiger partial charge in [0.1, 0.15) is 6.04 Å². The molecule has 2 amide bonds. The first-order valence-corrected chi connectivity index (χ1v) is 6.32. The smallest absolute Gasteiger partial charge is 0.243 e. The van der Waals surface area contributed by atoms with Crippen molar-refractivity contribution in [3.8, 4) is 0 Å². The maximum Gasteiger partial charge on any atom is 0.243 e. The third-order valence-electron chi connectivity index (χ3n) is 3.26. The maximum atomic E-state index is 11.9. The SMILES string of the molecule is CCCC(=O)N1CCCC1C(=O)NC1CC1. The summed E-state index contributed by atoms with van der Waals surface area (Å²) in [5, 5.41) is 2.99. The second kappa shape index (κ2) is 4.85. The molecule has 4 nitrogen and oxygen atoms in total. The standard InChI is InChI=1S/C12H20N2O2/c1-2-4-11(15)14-8-3-5-10(14)12(16)13-9-6-7-9/h9-10H,2-8H2,1H3,(H,13,16). The Morgan fingerprint density at radius 3 is 2.69 bits per heavy atom. The van der Waals surface area contributed by atoms with Crippen molar-refractivity contribution in [2.45, 2.75) is 57.5 Å². The molecule has 0 aromatic heterocycles. The average Bonchev–Trinajstić information content (AvgIpc) is 2.93. The number of hydrogen-bond donors (Lipinski definition) is 1. The van der Waals surface area contributed by atoms with Gasteiger partial charge in [-0.3, -0.25) is 9.59 Å². The van der Waals surface area contributed by atoms with Gasteiger partial charge in [0.05, 0.1) is 0 Å². The Morgan fingerprint density at radius 2 is 2.06 bits per heavy atom. The normalized spacial score (nSPS) is 24.6. The molecule has 1 saturated carbocycles. The van der Waals surface area contributed by atoms with Gasteiger partial charge in [-0.25, -0.2) is 0 Å². The molecule has 90 valence electrons. The number of carbonyl (C=O) groups excluding carboxylic acids is 2. The van der Waals surface area contributed by atoms with E-state index in [0.717, 1.165) is 38.6 Å². The minimum Gasteiger partial charge on any atom is -0.352 e. The molecule has 0 aromatic rings. The van der Waals surface area contributed by atoms with Gasteiger partial charge < -0.3 is 10.2 Å². The molecular formula is C12H20N2O2. The average molecular weight is 224 g/mol. The van der Waals surface area contributed by atoms with Crippen molar-refractivity contribution >= 4 is 11.8 Å². The highest BCUT2D eigenvalue weighted by Crippen LogP contribution is 2.22. The summed E-state index contributed by atoms with van der Waals surface area (Å²) in [6, 6.07) is 0.191. The predicted octanol–water partition coefficient (Wildman–Crippen LogP) is 1.06. The van der Waals surface area contributed by atoms with Crippen molar-refractivity contribution in [3.05, 3.63) is 0 Å². The number of rotatable bonds is 4. The highest BCUT2D eigenvalue weighted by molar-refractivity contribution is 5.88. The van der Waals surface area contributed by atoms with Crippen LogP contribution >= 0.6 is 0 Å². The zero-order chi connectivity index (χ0) is 11.5. The summed E-state index contributed by atoms with van der Waals surface area (Å²) in [6.45, 7) is 2.74. The molecule has 1 N–H and O–H groups in total. The maximum absolute atomic E-state index is 11.9. The topological polar surface area (TPSA) is 49.4 Å². The molecule has 1 aliphatic heterocycles. The van der Waals surface area contributed by atoms with Gasteiger partial charge in [0.15, 0.2) is 0 Å². The van der Waals surface area contributed by atoms with Crippen molar-refractivity contribution < 1.29 is 9.59 Å². The number of amides is 2. The van der Waals surface area contributed by atoms with E-state index in [0.29, 0.717) is 12.5 Å². The van der Waals surface area contributed by atoms with E-state index in [9.17, 15) is 9.59 Å². The molecule has 1 heterocycles. The van der Waals surface area contributed by atoms with Crippen LogP contribution in [0, 0.1) is 0 Å². The Bertz CT molecular complexity index is 287. The quantitative estimate of drug-likeness (QED) is 0.776. The first-order chi connectivity index (χ1) is 7.72. The highest BCUT2D eigenvalue weighted by Gasteiger charge is 2.35. The van der Waals surface area contributed by atoms with Crippen LogP contribution in [-0.4, -0.2) is 35.3 Å². The zero-order valence-electron chi connectivity index (χ0n) is 9.87. The lowest BCUT2D eigenvalue weighted by atomic mass is 10.2. The third kappa shape index (κ3) is 2.54. The third-order valence-corrected chi connectivity index (χ3v) is 3.26. The highest BCUT2D eigenvalue weighted by atomic mass is 16.2. The van der Waals surface area contributed by atoms with E-state index in [1.807, 2.05) is 6.92 Å². The molecule has 1 unspecified atom stereocenters. The fourth-order valence-electron chi connectivity index (χ4n) is 2.22. The van der Waals surface area contributed by atoms with Gasteiger partial charge in [0.2, 0.25) is 11.8 Å². The molecule has 0 bridgehead atoms. The molecular weight excluding hydrogens is 204 g/mol. The Balaban J connectivity index is 1.90. The number of carbonyl (C=O) groups is 2. The van der Waals surface area contributed by atoms with Gasteiger partial charge in [-0.2, -0.15) is 0 Å². The van der Waals surface area contributed by atoms with E-state index in [2.05, 4.69) is 5.32 Å². The lowest BCUT2D eigenvalue weighted by Gasteiger charge is -2.23. The van der Waals surface area contributed by atoms with Crippen LogP contribution in [0.1, 0.15) is 45.4 Å². The first kappa shape index (κ1) is 11.4. The summed E-state index contributed by atoms with van der Waals surface area (Å²) < 4.78 is 0. The van der Waals surface area contributed by atoms with Gasteiger partial charge in [0, 0.05) is 19.0 Å². The van der Waals surface area contributed by atoms with E-state index in [1.54, 1.807) is 4.90 Å². The van der Waals surface area contributed by atoms with Crippen LogP contribution in [0.15, 0.2) is 0 Å². The monoisotopic (exact) mass is 224 g/mol. The summed E-state index contributed by atoms with van der Waals surface area (Å²) in [5.74, 6) is 0.195. The summed E-state index contributed by atoms with van der Waals surface area (Å²) in [6.07, 6.45) is 5.40. The van der Waals surface area contributed by atoms with Crippen LogP contribution in [-0.2, 0) is 9.59 Å². The first-order valence-electron chi connectivity index (χ1n) is 6.32. The number of nitrogens with zero attached hydrogens (tertiary/aromatic N) is 1. The lowest BCUT2D eigenvalue weighted by molar-refractivity contribution is -0.138. The van der Waals surface area contributed by atoms with Gasteiger partial charge in [0.25, 0.3) is 0 Å². The Hall–Kier alpha value is -1.06. The van der Waals surface area contributed by atoms with Crippen LogP contribution in [0.5, 0.6) is 0 Å². The Morgan fingerprint density at radius 1 is 1.31 bits per heavy atom. The minimum absolute atomic E-state index is 0.0597. The lowest BCUT2D eigenvalue weighted by Crippen LogP contribution is -2.46. The molecule has 2 rings (SSSR count). The minimum atomic E-state index is -0.195. The Kier molecular flexibility index (Phi) is 3.46. The predicted molar refractivity (Wildman–Crippen MR) is 60.8 cm³/mol. The molecule has 2 aliphatic rings. The van der Waals surface area contributed by atoms with Crippen molar-refractivity contribution in [1.82, 2.24) is 10.2 Å². The zero-order valence-corrected chi connectivity index (χ0v) is 9.87. The van der Waals surface area contributed by atoms with Crippen LogP contribution in [0.4, 0.5) is 0 Å². The fourth-order valence-corrected chi connectivity index (χ4v) is 2.22. The summed E-state index contributed by atoms with van der Waals surface area (Å²) in [5.41, 5.74) is 0. The molecule has 2 fully saturated rings. The van der Waals surface area contributed by atoms with Crippen LogP contribution in [0.25, 0.3) is 0 Å². The van der Waals surface area contributed by atoms with E-state index in [1.165, 1.54) is 0 Å². The van der Waals surface area contributed by atoms with E-state index < -0.39 is 0 Å². The fraction of sp³-hybridized carbons (Fsp3) is 0.833. The van der Waals surface area contributed by atoms with Gasteiger partial charge >= 0.3 is 0 Å². The molecule has 1 atom stereocenters. The van der Waals surface area contributed by atoms with Crippen molar-refractivity contribution in [2.24, 2.45) is 0 Å². The second-order valence-corrected chi connectivity index (χ2v) is 4.78. The molecule has 1 aliphatic carbocycles. The summed E-state index contributed by atoms with van der Waals surface area (Å²) in [4.78, 5) is 25.5. The second-order valence-electron chi connectivity index (χ2n) is 4.78. The van der Waals surface area contributed by atoms with Crippen molar-refractivity contribution in [3.63, 3.8) is 0 Å². The molecule has 4 heteroatoms. The van der Waals surface area contributed by atoms with Crippen molar-refractivity contribution in [2.75, 3.05) is 6.54 Å². The summed E-state index contributed by atoms with van der Waals surface area (Å²) >= 11 is 0. The van der Waals surface area contributed by atoms with Gasteiger partial charge in [-0.1, -0.05) is 6.92 Å². The van der Waals surface area contributed by atoms with Crippen LogP contribution < -0.4 is 5.32 Å². The van der Waals surface area contributed by atoms with Crippen molar-refractivity contribution in [1.29, 1.82) is 0 Å². The van der Waals surface area contributed by atoms with Crippen LogP contribution in [0.3, 0.4) is 0 Å². The molecule has 0 aromatic carbocycles. The van der Waals surface area contributed by atoms with E-state index in [4.69, 9.17) is 0 Å².